The molecule has 0 radical (unpaired) electrons. The molecule has 7 atom stereocenters. The number of halogens is 2. The molecule has 0 bridgehead atoms. The van der Waals surface area contributed by atoms with Gasteiger partial charge in [0.25, 0.3) is 5.85 Å². The molecule has 17 heteroatoms. The molecule has 2 aromatic carbocycles. The number of alkyl halides is 2. The average molecular weight is 648 g/mol. The molecule has 2 aliphatic rings. The molecule has 0 amide bonds. The zero-order chi connectivity index (χ0) is 32.5. The molecule has 2 fully saturated rings. The highest BCUT2D eigenvalue weighted by atomic mass is 31.2. The zero-order valence-electron chi connectivity index (χ0n) is 24.9. The second-order valence-electron chi connectivity index (χ2n) is 11.3. The van der Waals surface area contributed by atoms with Crippen molar-refractivity contribution in [3.05, 3.63) is 48.8 Å². The van der Waals surface area contributed by atoms with Crippen molar-refractivity contribution < 1.29 is 41.8 Å². The largest absolute Gasteiger partial charge is 0.462 e. The molecule has 6 rings (SSSR count). The molecule has 5 N–H and O–H groups in total. The number of anilines is 2. The first-order valence-corrected chi connectivity index (χ1v) is 15.6. The number of benzene rings is 2. The van der Waals surface area contributed by atoms with Gasteiger partial charge in [-0.05, 0) is 39.1 Å². The number of nitrogen functional groups attached to an aromatic ring is 1. The van der Waals surface area contributed by atoms with E-state index in [1.165, 1.54) is 13.0 Å². The number of esters is 1. The van der Waals surface area contributed by atoms with Gasteiger partial charge in [-0.1, -0.05) is 36.4 Å². The van der Waals surface area contributed by atoms with Crippen LogP contribution in [0.3, 0.4) is 0 Å². The third kappa shape index (κ3) is 4.79. The van der Waals surface area contributed by atoms with Gasteiger partial charge in [0.1, 0.15) is 11.8 Å². The first kappa shape index (κ1) is 31.0. The lowest BCUT2D eigenvalue weighted by molar-refractivity contribution is -0.156. The molecule has 240 valence electrons. The lowest BCUT2D eigenvalue weighted by Gasteiger charge is -2.31. The molecule has 2 aromatic heterocycles. The molecule has 1 aliphatic heterocycles. The van der Waals surface area contributed by atoms with Crippen molar-refractivity contribution in [2.75, 3.05) is 18.1 Å². The first-order chi connectivity index (χ1) is 21.1. The van der Waals surface area contributed by atoms with Crippen LogP contribution in [0.2, 0.25) is 0 Å². The number of nitrogens with one attached hydrogen (secondary N) is 2. The van der Waals surface area contributed by atoms with E-state index in [1.807, 2.05) is 0 Å². The smallest absolute Gasteiger partial charge is 0.460 e. The Hall–Kier alpha value is -3.95. The fourth-order valence-corrected chi connectivity index (χ4v) is 7.28. The van der Waals surface area contributed by atoms with E-state index in [0.29, 0.717) is 5.39 Å². The summed E-state index contributed by atoms with van der Waals surface area (Å²) >= 11 is 0. The molecule has 4 aromatic rings. The van der Waals surface area contributed by atoms with Crippen LogP contribution in [0.15, 0.2) is 48.8 Å². The Morgan fingerprint density at radius 1 is 1.18 bits per heavy atom. The van der Waals surface area contributed by atoms with Crippen LogP contribution in [0.4, 0.5) is 20.5 Å². The third-order valence-corrected chi connectivity index (χ3v) is 9.47. The van der Waals surface area contributed by atoms with Gasteiger partial charge in [0, 0.05) is 12.4 Å². The second kappa shape index (κ2) is 10.6. The Kier molecular flexibility index (Phi) is 7.29. The number of nitrogens with zero attached hydrogens (tertiary/aromatic N) is 4. The van der Waals surface area contributed by atoms with Crippen molar-refractivity contribution in [1.29, 1.82) is 0 Å². The maximum absolute atomic E-state index is 16.7. The van der Waals surface area contributed by atoms with Gasteiger partial charge in [-0.25, -0.2) is 18.3 Å². The van der Waals surface area contributed by atoms with Crippen molar-refractivity contribution in [1.82, 2.24) is 24.6 Å². The highest BCUT2D eigenvalue weighted by Gasteiger charge is 2.96. The van der Waals surface area contributed by atoms with Crippen LogP contribution in [0.25, 0.3) is 21.9 Å². The van der Waals surface area contributed by atoms with E-state index in [2.05, 4.69) is 25.4 Å². The third-order valence-electron chi connectivity index (χ3n) is 7.84. The lowest BCUT2D eigenvalue weighted by Crippen LogP contribution is -2.45. The first-order valence-electron chi connectivity index (χ1n) is 14.0. The molecule has 3 heterocycles. The van der Waals surface area contributed by atoms with Gasteiger partial charge in [-0.2, -0.15) is 15.1 Å². The van der Waals surface area contributed by atoms with Crippen LogP contribution in [-0.2, 0) is 23.4 Å². The lowest BCUT2D eigenvalue weighted by atomic mass is 9.97. The van der Waals surface area contributed by atoms with Gasteiger partial charge in [0.15, 0.2) is 40.6 Å². The van der Waals surface area contributed by atoms with Gasteiger partial charge in [0.2, 0.25) is 5.95 Å². The molecular formula is C28H32F2N7O7P. The number of fused-ring (bicyclic) bond motifs is 3. The van der Waals surface area contributed by atoms with Crippen molar-refractivity contribution in [2.24, 2.45) is 0 Å². The number of hydrogen-bond acceptors (Lipinski definition) is 12. The summed E-state index contributed by atoms with van der Waals surface area (Å²) in [6.07, 6.45) is -3.31. The van der Waals surface area contributed by atoms with E-state index in [0.717, 1.165) is 23.2 Å². The molecule has 1 aliphatic carbocycles. The number of carbonyl (C=O) groups is 1. The van der Waals surface area contributed by atoms with Crippen molar-refractivity contribution >= 4 is 47.4 Å². The van der Waals surface area contributed by atoms with Crippen molar-refractivity contribution in [2.45, 2.75) is 69.3 Å². The van der Waals surface area contributed by atoms with Crippen molar-refractivity contribution in [3.8, 4) is 5.75 Å². The zero-order valence-corrected chi connectivity index (χ0v) is 25.8. The number of ether oxygens (including phenoxy) is 2. The van der Waals surface area contributed by atoms with E-state index in [9.17, 15) is 14.5 Å². The summed E-state index contributed by atoms with van der Waals surface area (Å²) < 4.78 is 70.6. The van der Waals surface area contributed by atoms with Crippen LogP contribution in [0.5, 0.6) is 5.75 Å². The van der Waals surface area contributed by atoms with Crippen LogP contribution in [0, 0.1) is 0 Å². The molecule has 1 saturated carbocycles. The number of carbonyl (C=O) groups excluding carboxylic acids is 1. The van der Waals surface area contributed by atoms with Gasteiger partial charge in [0.05, 0.1) is 12.4 Å². The highest BCUT2D eigenvalue weighted by Crippen LogP contribution is 2.73. The second-order valence-corrected chi connectivity index (χ2v) is 13.0. The van der Waals surface area contributed by atoms with Gasteiger partial charge in [-0.15, -0.1) is 0 Å². The summed E-state index contributed by atoms with van der Waals surface area (Å²) in [6.45, 7) is 5.49. The predicted molar refractivity (Wildman–Crippen MR) is 159 cm³/mol. The van der Waals surface area contributed by atoms with Crippen LogP contribution >= 0.6 is 7.75 Å². The van der Waals surface area contributed by atoms with E-state index in [4.69, 9.17) is 24.3 Å². The number of aliphatic hydroxyl groups is 1. The van der Waals surface area contributed by atoms with Crippen LogP contribution in [0.1, 0.15) is 33.9 Å². The Labute approximate surface area is 255 Å². The average Bonchev–Trinajstić information content (AvgIpc) is 3.21. The summed E-state index contributed by atoms with van der Waals surface area (Å²) in [5.41, 5.74) is 0.107. The standard InChI is InChI=1S/C28H32F2N7O7P/c1-14(2)41-22(38)15(3)36-45(40,43-18-12-8-10-16-9-6-7-11-17(16)18)44-23-27(39)26(4,29)24(42-28(23,27)30)37-13-33-19-20(32-5)34-25(31)35-21(19)37/h6-15,23-24,39H,1-5H3,(H,36,40)(H3,31,32,34,35)/t15-,23+,24-,26+,27+,28-,45-/m1/s1. The number of aromatic nitrogens is 4. The molecule has 14 nitrogen and oxygen atoms in total. The van der Waals surface area contributed by atoms with Gasteiger partial charge < -0.3 is 30.2 Å². The summed E-state index contributed by atoms with van der Waals surface area (Å²) in [7, 11) is -3.22. The Bertz CT molecular complexity index is 1850. The highest BCUT2D eigenvalue weighted by molar-refractivity contribution is 7.52. The topological polar surface area (TPSA) is 185 Å². The van der Waals surface area contributed by atoms with E-state index in [1.54, 1.807) is 57.3 Å². The summed E-state index contributed by atoms with van der Waals surface area (Å²) in [4.78, 5) is 24.9. The fraction of sp³-hybridized carbons (Fsp3) is 0.429. The van der Waals surface area contributed by atoms with Crippen molar-refractivity contribution in [3.63, 3.8) is 0 Å². The minimum absolute atomic E-state index is 0.0100. The quantitative estimate of drug-likeness (QED) is 0.144. The van der Waals surface area contributed by atoms with E-state index in [-0.39, 0.29) is 28.7 Å². The number of imidazole rings is 1. The van der Waals surface area contributed by atoms with E-state index < -0.39 is 55.3 Å². The number of hydrogen-bond donors (Lipinski definition) is 4. The number of rotatable bonds is 10. The normalized spacial score (nSPS) is 29.4. The molecule has 0 spiro atoms. The fourth-order valence-electron chi connectivity index (χ4n) is 5.56. The molecular weight excluding hydrogens is 615 g/mol. The SMILES string of the molecule is CNc1nc(N)nc2c1ncn2[C@@H]1O[C@]2(F)[C@@H](O[P@@](=O)(N[C@H](C)C(=O)OC(C)C)Oc3cccc4ccccc34)[C@]2(O)[C@@]1(C)F. The summed E-state index contributed by atoms with van der Waals surface area (Å²) in [5, 5.41) is 18.0. The van der Waals surface area contributed by atoms with E-state index >= 15 is 8.78 Å². The Morgan fingerprint density at radius 2 is 1.89 bits per heavy atom. The molecule has 45 heavy (non-hydrogen) atoms. The summed E-state index contributed by atoms with van der Waals surface area (Å²) in [6, 6.07) is 10.6. The molecule has 1 saturated heterocycles. The number of nitrogens with two attached hydrogens (primary N) is 1. The Morgan fingerprint density at radius 3 is 2.56 bits per heavy atom. The molecule has 0 unspecified atom stereocenters. The predicted octanol–water partition coefficient (Wildman–Crippen LogP) is 3.77. The van der Waals surface area contributed by atoms with Gasteiger partial charge in [-0.3, -0.25) is 13.9 Å². The minimum Gasteiger partial charge on any atom is -0.462 e. The monoisotopic (exact) mass is 647 g/mol. The minimum atomic E-state index is -4.79. The maximum Gasteiger partial charge on any atom is 0.460 e. The van der Waals surface area contributed by atoms with Crippen LogP contribution in [-0.4, -0.2) is 73.0 Å². The van der Waals surface area contributed by atoms with Crippen LogP contribution < -0.4 is 20.7 Å². The Balaban J connectivity index is 1.33. The summed E-state index contributed by atoms with van der Waals surface area (Å²) in [5.74, 6) is -3.89. The maximum atomic E-state index is 16.7. The van der Waals surface area contributed by atoms with Gasteiger partial charge >= 0.3 is 13.7 Å².